The van der Waals surface area contributed by atoms with Gasteiger partial charge in [0.25, 0.3) is 5.91 Å². The summed E-state index contributed by atoms with van der Waals surface area (Å²) in [4.78, 5) is 30.4. The molecular formula is C48H52Cl2F4N8O5. The predicted molar refractivity (Wildman–Crippen MR) is 245 cm³/mol. The molecule has 9 rings (SSSR count). The number of fused-ring (bicyclic) bond motifs is 3. The van der Waals surface area contributed by atoms with Gasteiger partial charge in [-0.15, -0.1) is 0 Å². The van der Waals surface area contributed by atoms with Crippen LogP contribution in [0.1, 0.15) is 81.5 Å². The molecule has 67 heavy (non-hydrogen) atoms. The maximum atomic E-state index is 15.3. The molecule has 0 N–H and O–H groups in total. The minimum atomic E-state index is -4.83. The SMILES string of the molecule is COc1ccc(CN(Cc2ccc(OC)cc2)c2cc(Cl)c(C(F)(F)F)c(C3Cc4nc(OC[C@@]56CCCN5C[C@H](F)C6)nc(N5CCCn6nc(C(=O)N(C)C)c(Cl)c6C5)c4CO3)c2)cc1. The first kappa shape index (κ1) is 46.7. The van der Waals surface area contributed by atoms with E-state index in [1.807, 2.05) is 58.3 Å². The molecular weight excluding hydrogens is 915 g/mol. The molecule has 3 aromatic carbocycles. The number of benzene rings is 3. The average molecular weight is 968 g/mol. The molecule has 1 unspecified atom stereocenters. The van der Waals surface area contributed by atoms with Crippen molar-refractivity contribution in [2.75, 3.05) is 64.4 Å². The Morgan fingerprint density at radius 2 is 1.63 bits per heavy atom. The molecule has 0 spiro atoms. The van der Waals surface area contributed by atoms with Gasteiger partial charge in [-0.3, -0.25) is 14.4 Å². The molecule has 0 bridgehead atoms. The van der Waals surface area contributed by atoms with E-state index in [1.54, 1.807) is 33.0 Å². The van der Waals surface area contributed by atoms with Crippen LogP contribution in [0.25, 0.3) is 0 Å². The van der Waals surface area contributed by atoms with Gasteiger partial charge in [0.2, 0.25) is 0 Å². The van der Waals surface area contributed by atoms with Crippen LogP contribution < -0.4 is 24.0 Å². The molecule has 5 aromatic rings. The lowest BCUT2D eigenvalue weighted by Gasteiger charge is -2.33. The molecule has 2 aromatic heterocycles. The van der Waals surface area contributed by atoms with Gasteiger partial charge in [0.15, 0.2) is 5.69 Å². The van der Waals surface area contributed by atoms with Gasteiger partial charge >= 0.3 is 12.2 Å². The molecule has 4 aliphatic heterocycles. The number of nitrogens with zero attached hydrogens (tertiary/aromatic N) is 8. The molecule has 0 saturated carbocycles. The van der Waals surface area contributed by atoms with Crippen molar-refractivity contribution in [3.8, 4) is 17.5 Å². The van der Waals surface area contributed by atoms with E-state index in [1.165, 1.54) is 17.0 Å². The van der Waals surface area contributed by atoms with Crippen LogP contribution in [0.2, 0.25) is 10.0 Å². The van der Waals surface area contributed by atoms with E-state index >= 15 is 13.2 Å². The smallest absolute Gasteiger partial charge is 0.418 e. The minimum absolute atomic E-state index is 0.0262. The summed E-state index contributed by atoms with van der Waals surface area (Å²) in [7, 11) is 6.42. The number of hydrogen-bond acceptors (Lipinski definition) is 11. The number of amides is 1. The maximum absolute atomic E-state index is 15.3. The van der Waals surface area contributed by atoms with E-state index in [-0.39, 0.29) is 54.4 Å². The van der Waals surface area contributed by atoms with Crippen LogP contribution in [0.15, 0.2) is 60.7 Å². The number of carbonyl (C=O) groups excluding carboxylic acids is 1. The highest BCUT2D eigenvalue weighted by Gasteiger charge is 2.49. The largest absolute Gasteiger partial charge is 0.497 e. The van der Waals surface area contributed by atoms with E-state index < -0.39 is 34.6 Å². The lowest BCUT2D eigenvalue weighted by atomic mass is 9.94. The van der Waals surface area contributed by atoms with Gasteiger partial charge in [-0.25, -0.2) is 4.39 Å². The fraction of sp³-hybridized carbons (Fsp3) is 0.458. The zero-order chi connectivity index (χ0) is 47.2. The Bertz CT molecular complexity index is 2570. The fourth-order valence-electron chi connectivity index (χ4n) is 9.90. The third-order valence-corrected chi connectivity index (χ3v) is 14.0. The van der Waals surface area contributed by atoms with E-state index in [0.29, 0.717) is 85.5 Å². The Kier molecular flexibility index (Phi) is 13.2. The van der Waals surface area contributed by atoms with Gasteiger partial charge in [-0.1, -0.05) is 47.5 Å². The normalized spacial score (nSPS) is 20.5. The quantitative estimate of drug-likeness (QED) is 0.105. The van der Waals surface area contributed by atoms with E-state index in [4.69, 9.17) is 52.1 Å². The molecule has 0 radical (unpaired) electrons. The zero-order valence-corrected chi connectivity index (χ0v) is 39.2. The lowest BCUT2D eigenvalue weighted by molar-refractivity contribution is -0.139. The summed E-state index contributed by atoms with van der Waals surface area (Å²) >= 11 is 13.6. The van der Waals surface area contributed by atoms with Crippen LogP contribution >= 0.6 is 23.2 Å². The van der Waals surface area contributed by atoms with Gasteiger partial charge in [0.1, 0.15) is 30.1 Å². The molecule has 0 aliphatic carbocycles. The van der Waals surface area contributed by atoms with Crippen LogP contribution in [0, 0.1) is 0 Å². The van der Waals surface area contributed by atoms with Gasteiger partial charge in [0.05, 0.1) is 66.0 Å². The van der Waals surface area contributed by atoms with Crippen molar-refractivity contribution in [1.29, 1.82) is 0 Å². The summed E-state index contributed by atoms with van der Waals surface area (Å²) in [6, 6.07) is 17.9. The van der Waals surface area contributed by atoms with Crippen LogP contribution in [0.3, 0.4) is 0 Å². The summed E-state index contributed by atoms with van der Waals surface area (Å²) in [5, 5.41) is 4.33. The standard InChI is InChI=1S/C48H52Cl2F4N8O5/c1-58(2)45(63)43-42(50)39-26-59(16-6-18-62(39)57-43)44-36-27-66-40(21-38(36)55-46(56-44)67-28-47-15-5-17-61(47)25-31(51)22-47)35-19-32(20-37(49)41(35)48(52,53)54)60(23-29-7-11-33(64-3)12-8-29)24-30-9-13-34(65-4)14-10-30/h7-14,19-20,31,40H,5-6,15-18,21-28H2,1-4H3/t31-,40?,47+/m1/s1. The lowest BCUT2D eigenvalue weighted by Crippen LogP contribution is -2.43. The Morgan fingerprint density at radius 3 is 2.27 bits per heavy atom. The number of halogens is 6. The third-order valence-electron chi connectivity index (χ3n) is 13.3. The summed E-state index contributed by atoms with van der Waals surface area (Å²) in [5.74, 6) is 1.48. The average Bonchev–Trinajstić information content (AvgIpc) is 3.88. The Morgan fingerprint density at radius 1 is 0.940 bits per heavy atom. The molecule has 2 saturated heterocycles. The van der Waals surface area contributed by atoms with Crippen molar-refractivity contribution < 1.29 is 41.3 Å². The number of aromatic nitrogens is 4. The van der Waals surface area contributed by atoms with Crippen molar-refractivity contribution >= 4 is 40.6 Å². The summed E-state index contributed by atoms with van der Waals surface area (Å²) < 4.78 is 86.0. The fourth-order valence-corrected chi connectivity index (χ4v) is 10.5. The van der Waals surface area contributed by atoms with Crippen LogP contribution in [-0.2, 0) is 50.1 Å². The topological polar surface area (TPSA) is 111 Å². The minimum Gasteiger partial charge on any atom is -0.497 e. The molecule has 3 atom stereocenters. The first-order valence-electron chi connectivity index (χ1n) is 22.3. The van der Waals surface area contributed by atoms with Crippen LogP contribution in [0.4, 0.5) is 29.1 Å². The van der Waals surface area contributed by atoms with Gasteiger partial charge < -0.3 is 33.6 Å². The second-order valence-corrected chi connectivity index (χ2v) is 18.7. The van der Waals surface area contributed by atoms with Gasteiger partial charge in [-0.05, 0) is 78.9 Å². The number of hydrogen-bond donors (Lipinski definition) is 0. The number of alkyl halides is 4. The van der Waals surface area contributed by atoms with E-state index in [0.717, 1.165) is 30.5 Å². The van der Waals surface area contributed by atoms with Crippen LogP contribution in [-0.4, -0.2) is 102 Å². The summed E-state index contributed by atoms with van der Waals surface area (Å²) in [6.07, 6.45) is -4.41. The van der Waals surface area contributed by atoms with Gasteiger partial charge in [-0.2, -0.15) is 28.2 Å². The first-order valence-corrected chi connectivity index (χ1v) is 23.0. The van der Waals surface area contributed by atoms with E-state index in [2.05, 4.69) is 10.00 Å². The number of rotatable bonds is 13. The molecule has 1 amide bonds. The second kappa shape index (κ2) is 19.0. The number of anilines is 2. The predicted octanol–water partition coefficient (Wildman–Crippen LogP) is 9.10. The van der Waals surface area contributed by atoms with Crippen molar-refractivity contribution in [1.82, 2.24) is 29.5 Å². The van der Waals surface area contributed by atoms with Crippen molar-refractivity contribution in [3.05, 3.63) is 116 Å². The number of aryl methyl sites for hydroxylation is 1. The maximum Gasteiger partial charge on any atom is 0.418 e. The second-order valence-electron chi connectivity index (χ2n) is 17.9. The molecule has 13 nitrogen and oxygen atoms in total. The monoisotopic (exact) mass is 966 g/mol. The molecule has 356 valence electrons. The van der Waals surface area contributed by atoms with E-state index in [9.17, 15) is 9.18 Å². The first-order chi connectivity index (χ1) is 32.1. The summed E-state index contributed by atoms with van der Waals surface area (Å²) in [6.45, 7) is 2.96. The molecule has 6 heterocycles. The number of methoxy groups -OCH3 is 2. The third kappa shape index (κ3) is 9.57. The molecule has 4 aliphatic rings. The Labute approximate surface area is 396 Å². The Hall–Kier alpha value is -5.36. The van der Waals surface area contributed by atoms with Crippen molar-refractivity contribution in [3.63, 3.8) is 0 Å². The molecule has 2 fully saturated rings. The Balaban J connectivity index is 1.10. The zero-order valence-electron chi connectivity index (χ0n) is 37.7. The van der Waals surface area contributed by atoms with Crippen LogP contribution in [0.5, 0.6) is 17.5 Å². The molecule has 19 heteroatoms. The van der Waals surface area contributed by atoms with Crippen molar-refractivity contribution in [2.24, 2.45) is 0 Å². The number of carbonyl (C=O) groups is 1. The van der Waals surface area contributed by atoms with Gasteiger partial charge in [0, 0.05) is 70.9 Å². The highest BCUT2D eigenvalue weighted by atomic mass is 35.5. The summed E-state index contributed by atoms with van der Waals surface area (Å²) in [5.41, 5.74) is 2.38. The highest BCUT2D eigenvalue weighted by molar-refractivity contribution is 6.34. The number of ether oxygens (including phenoxy) is 4. The highest BCUT2D eigenvalue weighted by Crippen LogP contribution is 2.47. The van der Waals surface area contributed by atoms with Crippen molar-refractivity contribution in [2.45, 2.75) is 88.9 Å².